The highest BCUT2D eigenvalue weighted by atomic mass is 127. The Bertz CT molecular complexity index is 355. The maximum Gasteiger partial charge on any atom is 0.190 e. The molecule has 0 aromatic heterocycles. The van der Waals surface area contributed by atoms with E-state index in [0.717, 1.165) is 76.6 Å². The van der Waals surface area contributed by atoms with Crippen molar-refractivity contribution in [2.45, 2.75) is 51.9 Å². The van der Waals surface area contributed by atoms with Crippen LogP contribution in [0.5, 0.6) is 0 Å². The summed E-state index contributed by atoms with van der Waals surface area (Å²) in [5, 5.41) is 6.88. The Labute approximate surface area is 171 Å². The minimum absolute atomic E-state index is 0. The second-order valence-corrected chi connectivity index (χ2v) is 7.49. The zero-order chi connectivity index (χ0) is 17.0. The van der Waals surface area contributed by atoms with Gasteiger partial charge in [-0.2, -0.15) is 0 Å². The number of ether oxygens (including phenoxy) is 2. The minimum Gasteiger partial charge on any atom is -0.381 e. The van der Waals surface area contributed by atoms with Crippen molar-refractivity contribution in [3.8, 4) is 0 Å². The third-order valence-corrected chi connectivity index (χ3v) is 5.37. The molecule has 0 radical (unpaired) electrons. The predicted octanol–water partition coefficient (Wildman–Crippen LogP) is 3.43. The maximum atomic E-state index is 5.80. The highest BCUT2D eigenvalue weighted by molar-refractivity contribution is 14.0. The molecule has 1 aliphatic carbocycles. The van der Waals surface area contributed by atoms with Gasteiger partial charge in [0, 0.05) is 46.6 Å². The molecule has 0 aromatic rings. The van der Waals surface area contributed by atoms with E-state index in [0.29, 0.717) is 5.92 Å². The van der Waals surface area contributed by atoms with Crippen molar-refractivity contribution in [3.05, 3.63) is 0 Å². The fourth-order valence-corrected chi connectivity index (χ4v) is 3.54. The second kappa shape index (κ2) is 14.0. The highest BCUT2D eigenvalue weighted by Gasteiger charge is 2.18. The van der Waals surface area contributed by atoms with Gasteiger partial charge in [0.1, 0.15) is 0 Å². The number of hydrogen-bond acceptors (Lipinski definition) is 3. The summed E-state index contributed by atoms with van der Waals surface area (Å²) in [5.74, 6) is 3.35. The van der Waals surface area contributed by atoms with Crippen LogP contribution >= 0.6 is 24.0 Å². The third kappa shape index (κ3) is 9.99. The Morgan fingerprint density at radius 3 is 2.44 bits per heavy atom. The van der Waals surface area contributed by atoms with E-state index in [4.69, 9.17) is 9.47 Å². The van der Waals surface area contributed by atoms with Gasteiger partial charge in [0.15, 0.2) is 5.96 Å². The Kier molecular flexibility index (Phi) is 12.9. The van der Waals surface area contributed by atoms with Crippen molar-refractivity contribution in [2.75, 3.05) is 46.6 Å². The summed E-state index contributed by atoms with van der Waals surface area (Å²) < 4.78 is 11.2. The minimum atomic E-state index is 0. The zero-order valence-corrected chi connectivity index (χ0v) is 18.4. The SMILES string of the molecule is CN=C(NCCCOCC1CCOCC1)NCC1CCC(C)CC1.I. The molecule has 2 fully saturated rings. The molecule has 1 saturated heterocycles. The quantitative estimate of drug-likeness (QED) is 0.249. The van der Waals surface area contributed by atoms with Crippen LogP contribution in [0.4, 0.5) is 0 Å². The van der Waals surface area contributed by atoms with E-state index in [2.05, 4.69) is 22.5 Å². The molecule has 2 N–H and O–H groups in total. The van der Waals surface area contributed by atoms with Crippen LogP contribution in [0.1, 0.15) is 51.9 Å². The highest BCUT2D eigenvalue weighted by Crippen LogP contribution is 2.27. The van der Waals surface area contributed by atoms with Crippen molar-refractivity contribution in [1.82, 2.24) is 10.6 Å². The zero-order valence-electron chi connectivity index (χ0n) is 16.1. The molecule has 0 unspecified atom stereocenters. The first-order chi connectivity index (χ1) is 11.8. The van der Waals surface area contributed by atoms with Crippen LogP contribution < -0.4 is 10.6 Å². The van der Waals surface area contributed by atoms with Crippen molar-refractivity contribution >= 4 is 29.9 Å². The summed E-state index contributed by atoms with van der Waals surface area (Å²) >= 11 is 0. The molecule has 0 amide bonds. The predicted molar refractivity (Wildman–Crippen MR) is 115 cm³/mol. The van der Waals surface area contributed by atoms with Gasteiger partial charge < -0.3 is 20.1 Å². The second-order valence-electron chi connectivity index (χ2n) is 7.49. The van der Waals surface area contributed by atoms with Gasteiger partial charge >= 0.3 is 0 Å². The van der Waals surface area contributed by atoms with E-state index in [1.165, 1.54) is 25.7 Å². The van der Waals surface area contributed by atoms with Gasteiger partial charge in [-0.1, -0.05) is 19.8 Å². The first kappa shape index (κ1) is 23.0. The topological polar surface area (TPSA) is 54.9 Å². The summed E-state index contributed by atoms with van der Waals surface area (Å²) in [6.07, 6.45) is 8.77. The smallest absolute Gasteiger partial charge is 0.190 e. The van der Waals surface area contributed by atoms with Crippen LogP contribution in [-0.2, 0) is 9.47 Å². The molecule has 1 saturated carbocycles. The van der Waals surface area contributed by atoms with E-state index < -0.39 is 0 Å². The Morgan fingerprint density at radius 1 is 1.04 bits per heavy atom. The number of guanidine groups is 1. The standard InChI is InChI=1S/C19H37N3O2.HI/c1-16-4-6-17(7-5-16)14-22-19(20-2)21-10-3-11-24-15-18-8-12-23-13-9-18;/h16-18H,3-15H2,1-2H3,(H2,20,21,22);1H. The molecule has 148 valence electrons. The fraction of sp³-hybridized carbons (Fsp3) is 0.947. The van der Waals surface area contributed by atoms with Crippen molar-refractivity contribution in [1.29, 1.82) is 0 Å². The van der Waals surface area contributed by atoms with Gasteiger partial charge in [0.25, 0.3) is 0 Å². The van der Waals surface area contributed by atoms with Gasteiger partial charge in [-0.05, 0) is 49.9 Å². The monoisotopic (exact) mass is 467 g/mol. The van der Waals surface area contributed by atoms with Crippen molar-refractivity contribution < 1.29 is 9.47 Å². The average Bonchev–Trinajstić information content (AvgIpc) is 2.63. The summed E-state index contributed by atoms with van der Waals surface area (Å²) in [6.45, 7) is 7.84. The molecule has 0 bridgehead atoms. The molecule has 6 heteroatoms. The van der Waals surface area contributed by atoms with Crippen LogP contribution in [0.2, 0.25) is 0 Å². The number of rotatable bonds is 8. The first-order valence-electron chi connectivity index (χ1n) is 9.88. The van der Waals surface area contributed by atoms with Crippen LogP contribution in [0.25, 0.3) is 0 Å². The van der Waals surface area contributed by atoms with E-state index >= 15 is 0 Å². The van der Waals surface area contributed by atoms with Gasteiger partial charge in [-0.3, -0.25) is 4.99 Å². The molecule has 1 heterocycles. The number of nitrogens with one attached hydrogen (secondary N) is 2. The average molecular weight is 467 g/mol. The van der Waals surface area contributed by atoms with Gasteiger partial charge in [-0.15, -0.1) is 24.0 Å². The number of aliphatic imine (C=N–C) groups is 1. The van der Waals surface area contributed by atoms with Crippen LogP contribution in [0.3, 0.4) is 0 Å². The molecule has 5 nitrogen and oxygen atoms in total. The first-order valence-corrected chi connectivity index (χ1v) is 9.88. The lowest BCUT2D eigenvalue weighted by molar-refractivity contribution is 0.0203. The normalized spacial score (nSPS) is 25.3. The van der Waals surface area contributed by atoms with E-state index in [1.807, 2.05) is 7.05 Å². The molecule has 2 aliphatic rings. The fourth-order valence-electron chi connectivity index (χ4n) is 3.54. The molecule has 25 heavy (non-hydrogen) atoms. The molecular weight excluding hydrogens is 429 g/mol. The number of hydrogen-bond donors (Lipinski definition) is 2. The van der Waals surface area contributed by atoms with Crippen LogP contribution in [0.15, 0.2) is 4.99 Å². The lowest BCUT2D eigenvalue weighted by atomic mass is 9.83. The van der Waals surface area contributed by atoms with Gasteiger partial charge in [0.05, 0.1) is 0 Å². The summed E-state index contributed by atoms with van der Waals surface area (Å²) in [6, 6.07) is 0. The lowest BCUT2D eigenvalue weighted by Crippen LogP contribution is -2.40. The van der Waals surface area contributed by atoms with Crippen molar-refractivity contribution in [2.24, 2.45) is 22.7 Å². The van der Waals surface area contributed by atoms with Gasteiger partial charge in [0.2, 0.25) is 0 Å². The molecule has 0 aromatic carbocycles. The molecule has 0 atom stereocenters. The molecule has 0 spiro atoms. The Morgan fingerprint density at radius 2 is 1.76 bits per heavy atom. The maximum absolute atomic E-state index is 5.80. The Hall–Kier alpha value is -0.0800. The largest absolute Gasteiger partial charge is 0.381 e. The molecule has 2 rings (SSSR count). The number of halogens is 1. The summed E-state index contributed by atoms with van der Waals surface area (Å²) in [5.41, 5.74) is 0. The summed E-state index contributed by atoms with van der Waals surface area (Å²) in [7, 11) is 1.85. The molecular formula is C19H38IN3O2. The lowest BCUT2D eigenvalue weighted by Gasteiger charge is -2.26. The van der Waals surface area contributed by atoms with Gasteiger partial charge in [-0.25, -0.2) is 0 Å². The van der Waals surface area contributed by atoms with E-state index in [9.17, 15) is 0 Å². The Balaban J connectivity index is 0.00000312. The van der Waals surface area contributed by atoms with Crippen LogP contribution in [-0.4, -0.2) is 52.5 Å². The third-order valence-electron chi connectivity index (χ3n) is 5.37. The number of nitrogens with zero attached hydrogens (tertiary/aromatic N) is 1. The van der Waals surface area contributed by atoms with E-state index in [1.54, 1.807) is 0 Å². The van der Waals surface area contributed by atoms with Crippen LogP contribution in [0, 0.1) is 17.8 Å². The summed E-state index contributed by atoms with van der Waals surface area (Å²) in [4.78, 5) is 4.32. The van der Waals surface area contributed by atoms with Crippen molar-refractivity contribution in [3.63, 3.8) is 0 Å². The molecule has 1 aliphatic heterocycles. The van der Waals surface area contributed by atoms with E-state index in [-0.39, 0.29) is 24.0 Å².